The van der Waals surface area contributed by atoms with Gasteiger partial charge < -0.3 is 19.6 Å². The SMILES string of the molecule is CN(C)CCN1C(=O)C(=O)/C(=C(\O)c2ccc(S(=O)(=O)N3CCOCC3)cc2)C1c1ccccc1. The minimum absolute atomic E-state index is 0.0104. The maximum Gasteiger partial charge on any atom is 0.295 e. The molecule has 0 saturated carbocycles. The molecular formula is C25H29N3O6S. The molecule has 2 aromatic carbocycles. The van der Waals surface area contributed by atoms with E-state index in [0.29, 0.717) is 31.9 Å². The summed E-state index contributed by atoms with van der Waals surface area (Å²) in [6.07, 6.45) is 0. The number of sulfonamides is 1. The van der Waals surface area contributed by atoms with Gasteiger partial charge in [0.1, 0.15) is 5.76 Å². The van der Waals surface area contributed by atoms with Gasteiger partial charge in [0.05, 0.1) is 29.7 Å². The lowest BCUT2D eigenvalue weighted by Crippen LogP contribution is -2.40. The highest BCUT2D eigenvalue weighted by Gasteiger charge is 2.45. The second-order valence-electron chi connectivity index (χ2n) is 8.75. The van der Waals surface area contributed by atoms with Crippen LogP contribution in [0.3, 0.4) is 0 Å². The first-order chi connectivity index (χ1) is 16.7. The van der Waals surface area contributed by atoms with Crippen LogP contribution in [0.4, 0.5) is 0 Å². The van der Waals surface area contributed by atoms with Crippen molar-refractivity contribution in [1.29, 1.82) is 0 Å². The molecule has 1 N–H and O–H groups in total. The van der Waals surface area contributed by atoms with E-state index < -0.39 is 27.8 Å². The molecule has 0 radical (unpaired) electrons. The molecule has 1 atom stereocenters. The predicted octanol–water partition coefficient (Wildman–Crippen LogP) is 1.69. The number of benzene rings is 2. The van der Waals surface area contributed by atoms with Crippen molar-refractivity contribution >= 4 is 27.5 Å². The highest BCUT2D eigenvalue weighted by atomic mass is 32.2. The Hall–Kier alpha value is -3.05. The molecular weight excluding hydrogens is 470 g/mol. The summed E-state index contributed by atoms with van der Waals surface area (Å²) < 4.78 is 32.4. The van der Waals surface area contributed by atoms with Gasteiger partial charge in [-0.2, -0.15) is 4.31 Å². The van der Waals surface area contributed by atoms with Crippen LogP contribution in [-0.2, 0) is 24.3 Å². The van der Waals surface area contributed by atoms with Crippen molar-refractivity contribution in [1.82, 2.24) is 14.1 Å². The normalized spacial score (nSPS) is 21.1. The largest absolute Gasteiger partial charge is 0.507 e. The average Bonchev–Trinajstić information content (AvgIpc) is 3.13. The predicted molar refractivity (Wildman–Crippen MR) is 130 cm³/mol. The van der Waals surface area contributed by atoms with Crippen molar-refractivity contribution in [3.8, 4) is 0 Å². The topological polar surface area (TPSA) is 107 Å². The molecule has 9 nitrogen and oxygen atoms in total. The monoisotopic (exact) mass is 499 g/mol. The third kappa shape index (κ3) is 5.01. The Balaban J connectivity index is 1.71. The van der Waals surface area contributed by atoms with Crippen molar-refractivity contribution in [2.24, 2.45) is 0 Å². The number of carbonyl (C=O) groups excluding carboxylic acids is 2. The average molecular weight is 500 g/mol. The Kier molecular flexibility index (Phi) is 7.36. The zero-order valence-corrected chi connectivity index (χ0v) is 20.6. The zero-order chi connectivity index (χ0) is 25.2. The van der Waals surface area contributed by atoms with Crippen molar-refractivity contribution in [2.45, 2.75) is 10.9 Å². The molecule has 2 aliphatic rings. The van der Waals surface area contributed by atoms with Crippen molar-refractivity contribution < 1.29 is 27.9 Å². The van der Waals surface area contributed by atoms with E-state index in [9.17, 15) is 23.1 Å². The van der Waals surface area contributed by atoms with Gasteiger partial charge >= 0.3 is 0 Å². The summed E-state index contributed by atoms with van der Waals surface area (Å²) in [7, 11) is 0.0519. The Bertz CT molecular complexity index is 1220. The van der Waals surface area contributed by atoms with E-state index in [4.69, 9.17) is 4.74 Å². The number of ketones is 1. The minimum Gasteiger partial charge on any atom is -0.507 e. The van der Waals surface area contributed by atoms with Crippen LogP contribution in [0.1, 0.15) is 17.2 Å². The van der Waals surface area contributed by atoms with E-state index in [-0.39, 0.29) is 34.9 Å². The van der Waals surface area contributed by atoms with Crippen LogP contribution in [0.15, 0.2) is 65.1 Å². The van der Waals surface area contributed by atoms with Gasteiger partial charge in [-0.05, 0) is 43.9 Å². The number of morpholine rings is 1. The Morgan fingerprint density at radius 3 is 2.26 bits per heavy atom. The maximum atomic E-state index is 13.1. The van der Waals surface area contributed by atoms with Gasteiger partial charge in [-0.1, -0.05) is 30.3 Å². The van der Waals surface area contributed by atoms with Crippen LogP contribution in [0.25, 0.3) is 5.76 Å². The molecule has 4 rings (SSSR count). The smallest absolute Gasteiger partial charge is 0.295 e. The third-order valence-electron chi connectivity index (χ3n) is 6.18. The summed E-state index contributed by atoms with van der Waals surface area (Å²) in [4.78, 5) is 29.5. The lowest BCUT2D eigenvalue weighted by molar-refractivity contribution is -0.140. The third-order valence-corrected chi connectivity index (χ3v) is 8.09. The summed E-state index contributed by atoms with van der Waals surface area (Å²) in [5, 5.41) is 11.2. The Morgan fingerprint density at radius 2 is 1.66 bits per heavy atom. The number of aliphatic hydroxyl groups excluding tert-OH is 1. The van der Waals surface area contributed by atoms with Gasteiger partial charge in [0.2, 0.25) is 10.0 Å². The van der Waals surface area contributed by atoms with Crippen molar-refractivity contribution in [3.05, 3.63) is 71.3 Å². The highest BCUT2D eigenvalue weighted by molar-refractivity contribution is 7.89. The van der Waals surface area contributed by atoms with Crippen molar-refractivity contribution in [2.75, 3.05) is 53.5 Å². The molecule has 2 aromatic rings. The van der Waals surface area contributed by atoms with Gasteiger partial charge in [0, 0.05) is 31.7 Å². The minimum atomic E-state index is -3.70. The lowest BCUT2D eigenvalue weighted by Gasteiger charge is -2.26. The summed E-state index contributed by atoms with van der Waals surface area (Å²) in [6.45, 7) is 2.08. The van der Waals surface area contributed by atoms with E-state index in [2.05, 4.69) is 0 Å². The number of hydrogen-bond donors (Lipinski definition) is 1. The lowest BCUT2D eigenvalue weighted by atomic mass is 9.95. The molecule has 35 heavy (non-hydrogen) atoms. The molecule has 0 bridgehead atoms. The molecule has 0 spiro atoms. The number of likely N-dealkylation sites (tertiary alicyclic amines) is 1. The van der Waals surface area contributed by atoms with Gasteiger partial charge in [-0.15, -0.1) is 0 Å². The molecule has 0 aromatic heterocycles. The Morgan fingerprint density at radius 1 is 1.03 bits per heavy atom. The molecule has 2 fully saturated rings. The standard InChI is InChI=1S/C25H29N3O6S/c1-26(2)12-13-28-22(18-6-4-3-5-7-18)21(24(30)25(28)31)23(29)19-8-10-20(11-9-19)35(32,33)27-14-16-34-17-15-27/h3-11,22,29H,12-17H2,1-2H3/b23-21-. The van der Waals surface area contributed by atoms with E-state index in [1.165, 1.54) is 33.5 Å². The molecule has 1 unspecified atom stereocenters. The Labute approximate surface area is 205 Å². The number of aliphatic hydroxyl groups is 1. The summed E-state index contributed by atoms with van der Waals surface area (Å²) in [6, 6.07) is 14.1. The molecule has 2 saturated heterocycles. The molecule has 186 valence electrons. The second-order valence-corrected chi connectivity index (χ2v) is 10.7. The quantitative estimate of drug-likeness (QED) is 0.351. The number of Topliss-reactive ketones (excluding diaryl/α,β-unsaturated/α-hetero) is 1. The molecule has 1 amide bonds. The molecule has 10 heteroatoms. The number of rotatable bonds is 7. The van der Waals surface area contributed by atoms with Gasteiger partial charge in [-0.3, -0.25) is 9.59 Å². The van der Waals surface area contributed by atoms with E-state index >= 15 is 0 Å². The van der Waals surface area contributed by atoms with Crippen LogP contribution in [-0.4, -0.2) is 92.8 Å². The van der Waals surface area contributed by atoms with Crippen LogP contribution >= 0.6 is 0 Å². The maximum absolute atomic E-state index is 13.1. The van der Waals surface area contributed by atoms with Crippen molar-refractivity contribution in [3.63, 3.8) is 0 Å². The first kappa shape index (κ1) is 25.1. The van der Waals surface area contributed by atoms with E-state index in [1.54, 1.807) is 0 Å². The van der Waals surface area contributed by atoms with Gasteiger partial charge in [0.15, 0.2) is 0 Å². The van der Waals surface area contributed by atoms with Crippen LogP contribution in [0.5, 0.6) is 0 Å². The number of amides is 1. The van der Waals surface area contributed by atoms with Gasteiger partial charge in [-0.25, -0.2) is 8.42 Å². The summed E-state index contributed by atoms with van der Waals surface area (Å²) in [5.74, 6) is -1.77. The summed E-state index contributed by atoms with van der Waals surface area (Å²) >= 11 is 0. The van der Waals surface area contributed by atoms with Crippen LogP contribution in [0.2, 0.25) is 0 Å². The number of hydrogen-bond acceptors (Lipinski definition) is 7. The van der Waals surface area contributed by atoms with E-state index in [1.807, 2.05) is 49.3 Å². The summed E-state index contributed by atoms with van der Waals surface area (Å²) in [5.41, 5.74) is 0.958. The fourth-order valence-electron chi connectivity index (χ4n) is 4.28. The first-order valence-electron chi connectivity index (χ1n) is 11.4. The fourth-order valence-corrected chi connectivity index (χ4v) is 5.68. The van der Waals surface area contributed by atoms with Crippen LogP contribution < -0.4 is 0 Å². The number of nitrogens with zero attached hydrogens (tertiary/aromatic N) is 3. The highest BCUT2D eigenvalue weighted by Crippen LogP contribution is 2.39. The fraction of sp³-hybridized carbons (Fsp3) is 0.360. The molecule has 2 aliphatic heterocycles. The molecule has 2 heterocycles. The number of carbonyl (C=O) groups is 2. The zero-order valence-electron chi connectivity index (χ0n) is 19.8. The van der Waals surface area contributed by atoms with Gasteiger partial charge in [0.25, 0.3) is 11.7 Å². The first-order valence-corrected chi connectivity index (χ1v) is 12.8. The van der Waals surface area contributed by atoms with E-state index in [0.717, 1.165) is 0 Å². The molecule has 0 aliphatic carbocycles. The second kappa shape index (κ2) is 10.3. The number of ether oxygens (including phenoxy) is 1. The number of likely N-dealkylation sites (N-methyl/N-ethyl adjacent to an activating group) is 1. The van der Waals surface area contributed by atoms with Crippen LogP contribution in [0, 0.1) is 0 Å².